The number of methoxy groups -OCH3 is 2. The second-order valence-corrected chi connectivity index (χ2v) is 11.6. The van der Waals surface area contributed by atoms with Gasteiger partial charge in [-0.05, 0) is 35.2 Å². The largest absolute Gasteiger partial charge is 0.497 e. The number of hydrogen-bond donors (Lipinski definition) is 0. The molecule has 0 unspecified atom stereocenters. The number of morpholine rings is 1. The molecule has 1 atom stereocenters. The van der Waals surface area contributed by atoms with Crippen LogP contribution in [0.1, 0.15) is 50.8 Å². The van der Waals surface area contributed by atoms with Crippen molar-refractivity contribution in [3.05, 3.63) is 59.4 Å². The molecule has 1 fully saturated rings. The highest BCUT2D eigenvalue weighted by molar-refractivity contribution is 6.05. The van der Waals surface area contributed by atoms with Gasteiger partial charge in [-0.25, -0.2) is 9.40 Å². The van der Waals surface area contributed by atoms with Gasteiger partial charge in [0.25, 0.3) is 5.91 Å². The van der Waals surface area contributed by atoms with E-state index in [0.717, 1.165) is 24.2 Å². The summed E-state index contributed by atoms with van der Waals surface area (Å²) in [7, 11) is 3.15. The summed E-state index contributed by atoms with van der Waals surface area (Å²) >= 11 is 0. The van der Waals surface area contributed by atoms with Gasteiger partial charge >= 0.3 is 0 Å². The Morgan fingerprint density at radius 1 is 1.07 bits per heavy atom. The zero-order valence-corrected chi connectivity index (χ0v) is 24.7. The van der Waals surface area contributed by atoms with Crippen LogP contribution in [-0.4, -0.2) is 92.5 Å². The molecule has 1 saturated heterocycles. The maximum absolute atomic E-state index is 13.9. The molecule has 41 heavy (non-hydrogen) atoms. The maximum atomic E-state index is 13.9. The first kappa shape index (κ1) is 30.5. The summed E-state index contributed by atoms with van der Waals surface area (Å²) in [6.07, 6.45) is 0.728. The van der Waals surface area contributed by atoms with Crippen molar-refractivity contribution < 1.29 is 28.2 Å². The Bertz CT molecular complexity index is 1240. The van der Waals surface area contributed by atoms with Crippen molar-refractivity contribution in [2.45, 2.75) is 39.7 Å². The van der Waals surface area contributed by atoms with Gasteiger partial charge in [0.15, 0.2) is 0 Å². The monoisotopic (exact) mass is 568 g/mol. The molecule has 2 aliphatic heterocycles. The number of hydrazone groups is 1. The van der Waals surface area contributed by atoms with Crippen LogP contribution in [0.5, 0.6) is 11.5 Å². The quantitative estimate of drug-likeness (QED) is 0.429. The molecule has 2 aromatic carbocycles. The van der Waals surface area contributed by atoms with Crippen molar-refractivity contribution in [2.24, 2.45) is 10.5 Å². The summed E-state index contributed by atoms with van der Waals surface area (Å²) in [5, 5.41) is 6.20. The van der Waals surface area contributed by atoms with E-state index in [2.05, 4.69) is 4.90 Å². The van der Waals surface area contributed by atoms with Crippen molar-refractivity contribution in [3.63, 3.8) is 0 Å². The summed E-state index contributed by atoms with van der Waals surface area (Å²) in [6.45, 7) is 9.93. The Morgan fingerprint density at radius 2 is 1.78 bits per heavy atom. The van der Waals surface area contributed by atoms with Crippen LogP contribution >= 0.6 is 0 Å². The Morgan fingerprint density at radius 3 is 2.41 bits per heavy atom. The summed E-state index contributed by atoms with van der Waals surface area (Å²) in [4.78, 5) is 31.2. The van der Waals surface area contributed by atoms with Crippen LogP contribution in [0.15, 0.2) is 47.6 Å². The highest BCUT2D eigenvalue weighted by atomic mass is 19.1. The van der Waals surface area contributed by atoms with Gasteiger partial charge in [0.1, 0.15) is 23.9 Å². The second-order valence-electron chi connectivity index (χ2n) is 11.6. The molecular weight excluding hydrogens is 527 g/mol. The topological polar surface area (TPSA) is 83.9 Å². The third kappa shape index (κ3) is 8.04. The first-order valence-corrected chi connectivity index (χ1v) is 14.0. The normalized spacial score (nSPS) is 17.8. The lowest BCUT2D eigenvalue weighted by Crippen LogP contribution is -2.47. The number of carbonyl (C=O) groups excluding carboxylic acids is 2. The number of halogens is 1. The maximum Gasteiger partial charge on any atom is 0.262 e. The Balaban J connectivity index is 1.61. The molecule has 2 aliphatic rings. The van der Waals surface area contributed by atoms with Gasteiger partial charge in [-0.1, -0.05) is 32.9 Å². The number of benzene rings is 2. The summed E-state index contributed by atoms with van der Waals surface area (Å²) in [6, 6.07) is 11.1. The molecule has 9 nitrogen and oxygen atoms in total. The van der Waals surface area contributed by atoms with Crippen LogP contribution in [0.25, 0.3) is 0 Å². The molecule has 2 heterocycles. The highest BCUT2D eigenvalue weighted by Crippen LogP contribution is 2.36. The molecule has 222 valence electrons. The Labute approximate surface area is 241 Å². The lowest BCUT2D eigenvalue weighted by atomic mass is 9.91. The van der Waals surface area contributed by atoms with Gasteiger partial charge in [0.2, 0.25) is 5.91 Å². The molecular formula is C31H41FN4O5. The third-order valence-electron chi connectivity index (χ3n) is 7.29. The number of carbonyl (C=O) groups is 2. The minimum atomic E-state index is -0.455. The number of nitrogens with zero attached hydrogens (tertiary/aromatic N) is 4. The number of rotatable bonds is 10. The van der Waals surface area contributed by atoms with E-state index in [0.29, 0.717) is 56.4 Å². The van der Waals surface area contributed by atoms with E-state index < -0.39 is 6.04 Å². The van der Waals surface area contributed by atoms with Crippen LogP contribution in [0, 0.1) is 11.2 Å². The molecule has 4 rings (SSSR count). The minimum Gasteiger partial charge on any atom is -0.497 e. The van der Waals surface area contributed by atoms with Crippen molar-refractivity contribution >= 4 is 17.5 Å². The van der Waals surface area contributed by atoms with E-state index in [1.54, 1.807) is 37.3 Å². The minimum absolute atomic E-state index is 0.0716. The van der Waals surface area contributed by atoms with Crippen molar-refractivity contribution in [1.29, 1.82) is 0 Å². The molecule has 0 aromatic heterocycles. The van der Waals surface area contributed by atoms with Crippen molar-refractivity contribution in [1.82, 2.24) is 14.8 Å². The fraction of sp³-hybridized carbons (Fsp3) is 0.516. The molecule has 0 saturated carbocycles. The zero-order chi connectivity index (χ0) is 29.6. The first-order chi connectivity index (χ1) is 19.6. The lowest BCUT2D eigenvalue weighted by molar-refractivity contribution is -0.142. The van der Waals surface area contributed by atoms with Gasteiger partial charge < -0.3 is 19.1 Å². The van der Waals surface area contributed by atoms with Crippen LogP contribution in [-0.2, 0) is 14.3 Å². The summed E-state index contributed by atoms with van der Waals surface area (Å²) in [5.74, 6) is 0.483. The van der Waals surface area contributed by atoms with E-state index in [-0.39, 0.29) is 29.6 Å². The smallest absolute Gasteiger partial charge is 0.262 e. The molecule has 2 aromatic rings. The van der Waals surface area contributed by atoms with Crippen LogP contribution in [0.3, 0.4) is 0 Å². The second kappa shape index (κ2) is 13.4. The van der Waals surface area contributed by atoms with E-state index in [1.807, 2.05) is 32.9 Å². The number of ether oxygens (including phenoxy) is 3. The predicted molar refractivity (Wildman–Crippen MR) is 155 cm³/mol. The molecule has 0 N–H and O–H groups in total. The highest BCUT2D eigenvalue weighted by Gasteiger charge is 2.36. The SMILES string of the molecule is COc1ccc(C2=NN(C(=O)CN(CCN3CCOCC3)C(=O)CC(C)(C)C)[C@@H](c3ccc(F)cc3)C2)c(OC)c1. The van der Waals surface area contributed by atoms with Crippen LogP contribution in [0.2, 0.25) is 0 Å². The van der Waals surface area contributed by atoms with E-state index in [1.165, 1.54) is 17.1 Å². The molecule has 2 amide bonds. The number of hydrogen-bond acceptors (Lipinski definition) is 7. The molecule has 0 aliphatic carbocycles. The molecule has 10 heteroatoms. The van der Waals surface area contributed by atoms with Gasteiger partial charge in [-0.15, -0.1) is 0 Å². The molecule has 0 radical (unpaired) electrons. The first-order valence-electron chi connectivity index (χ1n) is 14.0. The van der Waals surface area contributed by atoms with Gasteiger partial charge in [-0.3, -0.25) is 14.5 Å². The Kier molecular flexibility index (Phi) is 9.99. The van der Waals surface area contributed by atoms with E-state index in [9.17, 15) is 14.0 Å². The fourth-order valence-corrected chi connectivity index (χ4v) is 5.06. The predicted octanol–water partition coefficient (Wildman–Crippen LogP) is 4.12. The van der Waals surface area contributed by atoms with Gasteiger partial charge in [0, 0.05) is 50.7 Å². The zero-order valence-electron chi connectivity index (χ0n) is 24.7. The van der Waals surface area contributed by atoms with E-state index in [4.69, 9.17) is 19.3 Å². The van der Waals surface area contributed by atoms with Gasteiger partial charge in [0.05, 0.1) is 39.2 Å². The standard InChI is InChI=1S/C31H41FN4O5/c1-31(2,3)20-29(37)35(13-12-34-14-16-41-17-15-34)21-30(38)36-27(22-6-8-23(32)9-7-22)19-26(33-36)25-11-10-24(39-4)18-28(25)40-5/h6-11,18,27H,12-17,19-21H2,1-5H3/t27-/m1/s1. The van der Waals surface area contributed by atoms with Crippen molar-refractivity contribution in [3.8, 4) is 11.5 Å². The van der Waals surface area contributed by atoms with E-state index >= 15 is 0 Å². The summed E-state index contributed by atoms with van der Waals surface area (Å²) < 4.78 is 30.2. The Hall–Kier alpha value is -3.50. The molecule has 0 bridgehead atoms. The van der Waals surface area contributed by atoms with Gasteiger partial charge in [-0.2, -0.15) is 5.10 Å². The van der Waals surface area contributed by atoms with Crippen LogP contribution < -0.4 is 9.47 Å². The average Bonchev–Trinajstić information content (AvgIpc) is 3.40. The molecule has 0 spiro atoms. The fourth-order valence-electron chi connectivity index (χ4n) is 5.06. The third-order valence-corrected chi connectivity index (χ3v) is 7.29. The van der Waals surface area contributed by atoms with Crippen LogP contribution in [0.4, 0.5) is 4.39 Å². The summed E-state index contributed by atoms with van der Waals surface area (Å²) in [5.41, 5.74) is 1.93. The lowest BCUT2D eigenvalue weighted by Gasteiger charge is -2.32. The number of amides is 2. The van der Waals surface area contributed by atoms with Crippen molar-refractivity contribution in [2.75, 3.05) is 60.2 Å². The average molecular weight is 569 g/mol.